The Kier molecular flexibility index (Phi) is 7.61. The Morgan fingerprint density at radius 2 is 2.08 bits per heavy atom. The predicted molar refractivity (Wildman–Crippen MR) is 102 cm³/mol. The van der Waals surface area contributed by atoms with Gasteiger partial charge in [-0.2, -0.15) is 4.31 Å². The van der Waals surface area contributed by atoms with E-state index in [-0.39, 0.29) is 16.8 Å². The molecular weight excluding hydrogens is 352 g/mol. The summed E-state index contributed by atoms with van der Waals surface area (Å²) >= 11 is 0. The number of sulfonamides is 1. The van der Waals surface area contributed by atoms with E-state index < -0.39 is 10.0 Å². The molecule has 2 atom stereocenters. The van der Waals surface area contributed by atoms with Gasteiger partial charge in [0.1, 0.15) is 0 Å². The van der Waals surface area contributed by atoms with E-state index in [4.69, 9.17) is 4.74 Å². The smallest absolute Gasteiger partial charge is 0.251 e. The number of carbonyl (C=O) groups excluding carboxylic acids is 1. The lowest BCUT2D eigenvalue weighted by molar-refractivity contribution is 0.0899. The van der Waals surface area contributed by atoms with Crippen LogP contribution in [0.1, 0.15) is 56.8 Å². The molecule has 0 radical (unpaired) electrons. The number of nitrogens with zero attached hydrogens (tertiary/aromatic N) is 1. The second-order valence-electron chi connectivity index (χ2n) is 6.70. The molecule has 1 aliphatic rings. The maximum absolute atomic E-state index is 12.6. The van der Waals surface area contributed by atoms with Crippen molar-refractivity contribution in [1.29, 1.82) is 0 Å². The number of hydrogen-bond donors (Lipinski definition) is 1. The molecule has 1 fully saturated rings. The van der Waals surface area contributed by atoms with Gasteiger partial charge in [0.05, 0.1) is 11.0 Å². The summed E-state index contributed by atoms with van der Waals surface area (Å²) in [6.07, 6.45) is 4.27. The van der Waals surface area contributed by atoms with Gasteiger partial charge in [-0.1, -0.05) is 19.9 Å². The molecule has 0 bridgehead atoms. The summed E-state index contributed by atoms with van der Waals surface area (Å²) in [7, 11) is -3.57. The van der Waals surface area contributed by atoms with E-state index >= 15 is 0 Å². The second kappa shape index (κ2) is 9.48. The molecule has 26 heavy (non-hydrogen) atoms. The summed E-state index contributed by atoms with van der Waals surface area (Å²) < 4.78 is 32.2. The molecule has 0 spiro atoms. The van der Waals surface area contributed by atoms with Crippen LogP contribution < -0.4 is 5.32 Å². The monoisotopic (exact) mass is 382 g/mol. The zero-order chi connectivity index (χ0) is 19.2. The zero-order valence-electron chi connectivity index (χ0n) is 15.9. The minimum Gasteiger partial charge on any atom is -0.378 e. The Morgan fingerprint density at radius 1 is 1.35 bits per heavy atom. The lowest BCUT2D eigenvalue weighted by Gasteiger charge is -2.19. The van der Waals surface area contributed by atoms with Gasteiger partial charge < -0.3 is 10.1 Å². The van der Waals surface area contributed by atoms with Crippen molar-refractivity contribution < 1.29 is 17.9 Å². The quantitative estimate of drug-likeness (QED) is 0.713. The summed E-state index contributed by atoms with van der Waals surface area (Å²) in [5.41, 5.74) is 0.363. The fourth-order valence-electron chi connectivity index (χ4n) is 3.20. The SMILES string of the molecule is CCN(CC)S(=O)(=O)c1cccc(C(=O)NC(C)CCC2CCCO2)c1. The number of ether oxygens (including phenoxy) is 1. The van der Waals surface area contributed by atoms with Crippen LogP contribution in [0.2, 0.25) is 0 Å². The van der Waals surface area contributed by atoms with E-state index in [9.17, 15) is 13.2 Å². The van der Waals surface area contributed by atoms with E-state index in [2.05, 4.69) is 5.32 Å². The largest absolute Gasteiger partial charge is 0.378 e. The molecule has 0 saturated carbocycles. The minimum atomic E-state index is -3.57. The summed E-state index contributed by atoms with van der Waals surface area (Å²) in [5, 5.41) is 2.95. The Balaban J connectivity index is 2.00. The summed E-state index contributed by atoms with van der Waals surface area (Å²) in [6, 6.07) is 6.25. The van der Waals surface area contributed by atoms with Gasteiger partial charge in [0, 0.05) is 31.3 Å². The first-order valence-corrected chi connectivity index (χ1v) is 10.8. The van der Waals surface area contributed by atoms with Crippen LogP contribution in [0.15, 0.2) is 29.2 Å². The normalized spacial score (nSPS) is 18.8. The van der Waals surface area contributed by atoms with Gasteiger partial charge in [0.2, 0.25) is 10.0 Å². The summed E-state index contributed by atoms with van der Waals surface area (Å²) in [4.78, 5) is 12.6. The molecule has 2 rings (SSSR count). The molecule has 1 amide bonds. The maximum Gasteiger partial charge on any atom is 0.251 e. The molecule has 6 nitrogen and oxygen atoms in total. The molecule has 1 aliphatic heterocycles. The molecule has 7 heteroatoms. The Labute approximate surface area is 157 Å². The number of benzene rings is 1. The highest BCUT2D eigenvalue weighted by molar-refractivity contribution is 7.89. The maximum atomic E-state index is 12.6. The summed E-state index contributed by atoms with van der Waals surface area (Å²) in [6.45, 7) is 7.19. The lowest BCUT2D eigenvalue weighted by Crippen LogP contribution is -2.34. The zero-order valence-corrected chi connectivity index (χ0v) is 16.7. The van der Waals surface area contributed by atoms with Gasteiger partial charge >= 0.3 is 0 Å². The molecule has 1 saturated heterocycles. The van der Waals surface area contributed by atoms with Crippen LogP contribution in [0.3, 0.4) is 0 Å². The Hall–Kier alpha value is -1.44. The first kappa shape index (κ1) is 20.9. The third-order valence-corrected chi connectivity index (χ3v) is 6.81. The fourth-order valence-corrected chi connectivity index (χ4v) is 4.70. The van der Waals surface area contributed by atoms with Crippen LogP contribution in [0.4, 0.5) is 0 Å². The molecule has 0 aromatic heterocycles. The molecule has 1 N–H and O–H groups in total. The van der Waals surface area contributed by atoms with Crippen LogP contribution in [-0.4, -0.2) is 50.5 Å². The van der Waals surface area contributed by atoms with Crippen LogP contribution in [0.5, 0.6) is 0 Å². The van der Waals surface area contributed by atoms with Crippen molar-refractivity contribution in [3.63, 3.8) is 0 Å². The van der Waals surface area contributed by atoms with Gasteiger partial charge in [-0.25, -0.2) is 8.42 Å². The third kappa shape index (κ3) is 5.28. The molecule has 1 aromatic carbocycles. The first-order valence-electron chi connectivity index (χ1n) is 9.41. The van der Waals surface area contributed by atoms with Crippen molar-refractivity contribution in [3.05, 3.63) is 29.8 Å². The van der Waals surface area contributed by atoms with Crippen molar-refractivity contribution in [1.82, 2.24) is 9.62 Å². The number of hydrogen-bond acceptors (Lipinski definition) is 4. The van der Waals surface area contributed by atoms with Crippen LogP contribution >= 0.6 is 0 Å². The van der Waals surface area contributed by atoms with Crippen molar-refractivity contribution >= 4 is 15.9 Å². The second-order valence-corrected chi connectivity index (χ2v) is 8.64. The number of amides is 1. The molecular formula is C19H30N2O4S. The predicted octanol–water partition coefficient (Wildman–Crippen LogP) is 2.79. The number of nitrogens with one attached hydrogen (secondary N) is 1. The third-order valence-electron chi connectivity index (χ3n) is 4.76. The van der Waals surface area contributed by atoms with Gasteiger partial charge in [0.25, 0.3) is 5.91 Å². The van der Waals surface area contributed by atoms with Crippen molar-refractivity contribution in [3.8, 4) is 0 Å². The van der Waals surface area contributed by atoms with Gasteiger partial charge in [-0.3, -0.25) is 4.79 Å². The van der Waals surface area contributed by atoms with Crippen LogP contribution in [-0.2, 0) is 14.8 Å². The van der Waals surface area contributed by atoms with Gasteiger partial charge in [0.15, 0.2) is 0 Å². The standard InChI is InChI=1S/C19H30N2O4S/c1-4-21(5-2)26(23,24)18-10-6-8-16(14-18)19(22)20-15(3)11-12-17-9-7-13-25-17/h6,8,10,14-15,17H,4-5,7,9,11-13H2,1-3H3,(H,20,22). The van der Waals surface area contributed by atoms with E-state index in [0.29, 0.717) is 24.8 Å². The van der Waals surface area contributed by atoms with Crippen LogP contribution in [0.25, 0.3) is 0 Å². The lowest BCUT2D eigenvalue weighted by atomic mass is 10.1. The average molecular weight is 383 g/mol. The fraction of sp³-hybridized carbons (Fsp3) is 0.632. The average Bonchev–Trinajstić information content (AvgIpc) is 3.14. The molecule has 1 heterocycles. The van der Waals surface area contributed by atoms with E-state index in [1.807, 2.05) is 6.92 Å². The Bertz CT molecular complexity index is 695. The molecule has 146 valence electrons. The number of carbonyl (C=O) groups is 1. The Morgan fingerprint density at radius 3 is 2.69 bits per heavy atom. The highest BCUT2D eigenvalue weighted by Gasteiger charge is 2.23. The number of rotatable bonds is 9. The summed E-state index contributed by atoms with van der Waals surface area (Å²) in [5.74, 6) is -0.249. The molecule has 2 unspecified atom stereocenters. The molecule has 0 aliphatic carbocycles. The van der Waals surface area contributed by atoms with Crippen molar-refractivity contribution in [2.45, 2.75) is 63.5 Å². The topological polar surface area (TPSA) is 75.7 Å². The van der Waals surface area contributed by atoms with Crippen molar-refractivity contribution in [2.75, 3.05) is 19.7 Å². The highest BCUT2D eigenvalue weighted by atomic mass is 32.2. The highest BCUT2D eigenvalue weighted by Crippen LogP contribution is 2.19. The minimum absolute atomic E-state index is 0.00902. The van der Waals surface area contributed by atoms with E-state index in [0.717, 1.165) is 32.3 Å². The van der Waals surface area contributed by atoms with Crippen molar-refractivity contribution in [2.24, 2.45) is 0 Å². The van der Waals surface area contributed by atoms with E-state index in [1.54, 1.807) is 26.0 Å². The molecule has 1 aromatic rings. The van der Waals surface area contributed by atoms with Gasteiger partial charge in [-0.15, -0.1) is 0 Å². The van der Waals surface area contributed by atoms with Gasteiger partial charge in [-0.05, 0) is 50.8 Å². The first-order chi connectivity index (χ1) is 12.4. The van der Waals surface area contributed by atoms with E-state index in [1.165, 1.54) is 16.4 Å². The van der Waals surface area contributed by atoms with Crippen LogP contribution in [0, 0.1) is 0 Å².